The standard InChI is InChI=1S/C27H27N3O3S/c31-25(28-14-7-2-8-15-28)19-29-18-21(22-11-5-6-12-23(22)29)17-24-26(32)30(27(33)34-24)16-13-20-9-3-1-4-10-20/h1,3-6,9-12,17-18H,2,7-8,13-16,19H2/b24-17-. The molecule has 7 heteroatoms. The van der Waals surface area contributed by atoms with Gasteiger partial charge in [0.2, 0.25) is 5.91 Å². The van der Waals surface area contributed by atoms with Crippen molar-refractivity contribution in [3.8, 4) is 0 Å². The van der Waals surface area contributed by atoms with Gasteiger partial charge in [0.05, 0.1) is 4.91 Å². The van der Waals surface area contributed by atoms with Gasteiger partial charge in [0.1, 0.15) is 6.54 Å². The molecule has 1 aromatic heterocycles. The van der Waals surface area contributed by atoms with Gasteiger partial charge < -0.3 is 9.47 Å². The van der Waals surface area contributed by atoms with E-state index < -0.39 is 0 Å². The van der Waals surface area contributed by atoms with Crippen LogP contribution in [0, 0.1) is 0 Å². The van der Waals surface area contributed by atoms with Gasteiger partial charge in [-0.15, -0.1) is 0 Å². The van der Waals surface area contributed by atoms with E-state index >= 15 is 0 Å². The highest BCUT2D eigenvalue weighted by atomic mass is 32.2. The molecule has 0 radical (unpaired) electrons. The summed E-state index contributed by atoms with van der Waals surface area (Å²) in [7, 11) is 0. The Morgan fingerprint density at radius 1 is 0.941 bits per heavy atom. The summed E-state index contributed by atoms with van der Waals surface area (Å²) in [6.07, 6.45) is 7.64. The third-order valence-corrected chi connectivity index (χ3v) is 7.37. The Morgan fingerprint density at radius 2 is 1.68 bits per heavy atom. The molecule has 174 valence electrons. The zero-order chi connectivity index (χ0) is 23.5. The van der Waals surface area contributed by atoms with Gasteiger partial charge in [-0.05, 0) is 55.2 Å². The minimum absolute atomic E-state index is 0.119. The Morgan fingerprint density at radius 3 is 2.47 bits per heavy atom. The van der Waals surface area contributed by atoms with Gasteiger partial charge in [0.15, 0.2) is 0 Å². The summed E-state index contributed by atoms with van der Waals surface area (Å²) in [4.78, 5) is 42.1. The van der Waals surface area contributed by atoms with Crippen molar-refractivity contribution in [1.29, 1.82) is 0 Å². The summed E-state index contributed by atoms with van der Waals surface area (Å²) >= 11 is 0.980. The van der Waals surface area contributed by atoms with Gasteiger partial charge in [-0.2, -0.15) is 0 Å². The summed E-state index contributed by atoms with van der Waals surface area (Å²) in [5, 5.41) is 0.723. The third kappa shape index (κ3) is 4.66. The topological polar surface area (TPSA) is 62.6 Å². The number of rotatable bonds is 6. The Hall–Kier alpha value is -3.32. The molecule has 2 saturated heterocycles. The molecule has 6 nitrogen and oxygen atoms in total. The van der Waals surface area contributed by atoms with Crippen molar-refractivity contribution in [3.63, 3.8) is 0 Å². The van der Waals surface area contributed by atoms with Crippen LogP contribution in [0.3, 0.4) is 0 Å². The maximum absolute atomic E-state index is 13.0. The van der Waals surface area contributed by atoms with Crippen LogP contribution in [0.1, 0.15) is 30.4 Å². The number of likely N-dealkylation sites (tertiary alicyclic amines) is 1. The van der Waals surface area contributed by atoms with Crippen LogP contribution < -0.4 is 0 Å². The number of hydrogen-bond acceptors (Lipinski definition) is 4. The number of fused-ring (bicyclic) bond motifs is 1. The zero-order valence-electron chi connectivity index (χ0n) is 19.0. The van der Waals surface area contributed by atoms with E-state index in [4.69, 9.17) is 0 Å². The lowest BCUT2D eigenvalue weighted by Gasteiger charge is -2.27. The monoisotopic (exact) mass is 473 g/mol. The van der Waals surface area contributed by atoms with Crippen molar-refractivity contribution < 1.29 is 14.4 Å². The molecule has 3 aromatic rings. The second-order valence-corrected chi connectivity index (χ2v) is 9.73. The predicted molar refractivity (Wildman–Crippen MR) is 135 cm³/mol. The average molecular weight is 474 g/mol. The maximum atomic E-state index is 13.0. The highest BCUT2D eigenvalue weighted by molar-refractivity contribution is 8.18. The number of carbonyl (C=O) groups is 3. The number of benzene rings is 2. The first-order chi connectivity index (χ1) is 16.6. The summed E-state index contributed by atoms with van der Waals surface area (Å²) in [5.74, 6) is -0.139. The molecule has 0 saturated carbocycles. The molecular formula is C27H27N3O3S. The molecule has 3 heterocycles. The Labute approximate surface area is 203 Å². The Kier molecular flexibility index (Phi) is 6.54. The summed E-state index contributed by atoms with van der Waals surface area (Å²) in [6, 6.07) is 17.7. The molecule has 0 spiro atoms. The summed E-state index contributed by atoms with van der Waals surface area (Å²) in [6.45, 7) is 2.27. The highest BCUT2D eigenvalue weighted by Gasteiger charge is 2.34. The largest absolute Gasteiger partial charge is 0.341 e. The van der Waals surface area contributed by atoms with E-state index in [2.05, 4.69) is 0 Å². The molecular weight excluding hydrogens is 446 g/mol. The molecule has 34 heavy (non-hydrogen) atoms. The van der Waals surface area contributed by atoms with Gasteiger partial charge in [0, 0.05) is 42.3 Å². The summed E-state index contributed by atoms with van der Waals surface area (Å²) in [5.41, 5.74) is 2.88. The average Bonchev–Trinajstić information content (AvgIpc) is 3.35. The normalized spacial score (nSPS) is 17.8. The summed E-state index contributed by atoms with van der Waals surface area (Å²) < 4.78 is 1.96. The lowest BCUT2D eigenvalue weighted by molar-refractivity contribution is -0.132. The number of piperidine rings is 1. The number of carbonyl (C=O) groups excluding carboxylic acids is 3. The van der Waals surface area contributed by atoms with Crippen molar-refractivity contribution >= 4 is 45.8 Å². The van der Waals surface area contributed by atoms with Gasteiger partial charge >= 0.3 is 0 Å². The van der Waals surface area contributed by atoms with E-state index in [0.29, 0.717) is 17.9 Å². The van der Waals surface area contributed by atoms with Crippen molar-refractivity contribution in [2.24, 2.45) is 0 Å². The number of thioether (sulfide) groups is 1. The fourth-order valence-corrected chi connectivity index (χ4v) is 5.49. The molecule has 0 N–H and O–H groups in total. The third-order valence-electron chi connectivity index (χ3n) is 6.46. The molecule has 2 aromatic carbocycles. The van der Waals surface area contributed by atoms with E-state index in [1.165, 1.54) is 11.3 Å². The SMILES string of the molecule is O=C(Cn1cc(/C=C2\SC(=O)N(CCc3ccccc3)C2=O)c2ccccc21)N1CCCCC1. The van der Waals surface area contributed by atoms with E-state index in [1.54, 1.807) is 6.08 Å². The van der Waals surface area contributed by atoms with Crippen LogP contribution in [0.5, 0.6) is 0 Å². The first-order valence-corrected chi connectivity index (χ1v) is 12.6. The van der Waals surface area contributed by atoms with Gasteiger partial charge in [-0.3, -0.25) is 19.3 Å². The van der Waals surface area contributed by atoms with Crippen molar-refractivity contribution in [3.05, 3.63) is 76.8 Å². The molecule has 5 rings (SSSR count). The van der Waals surface area contributed by atoms with Crippen LogP contribution in [-0.4, -0.2) is 51.1 Å². The van der Waals surface area contributed by atoms with Crippen LogP contribution in [0.25, 0.3) is 17.0 Å². The molecule has 2 aliphatic rings. The van der Waals surface area contributed by atoms with Crippen molar-refractivity contribution in [1.82, 2.24) is 14.4 Å². The first-order valence-electron chi connectivity index (χ1n) is 11.7. The van der Waals surface area contributed by atoms with E-state index in [1.807, 2.05) is 70.3 Å². The lowest BCUT2D eigenvalue weighted by atomic mass is 10.1. The second kappa shape index (κ2) is 9.89. The maximum Gasteiger partial charge on any atom is 0.293 e. The first kappa shape index (κ1) is 22.5. The minimum atomic E-state index is -0.257. The molecule has 2 aliphatic heterocycles. The molecule has 2 fully saturated rings. The van der Waals surface area contributed by atoms with Crippen molar-refractivity contribution in [2.45, 2.75) is 32.2 Å². The van der Waals surface area contributed by atoms with Crippen LogP contribution in [0.15, 0.2) is 65.7 Å². The second-order valence-electron chi connectivity index (χ2n) is 8.74. The smallest absolute Gasteiger partial charge is 0.293 e. The number of hydrogen-bond donors (Lipinski definition) is 0. The quantitative estimate of drug-likeness (QED) is 0.476. The number of imide groups is 1. The number of para-hydroxylation sites is 1. The number of nitrogens with zero attached hydrogens (tertiary/aromatic N) is 3. The number of aromatic nitrogens is 1. The molecule has 0 aliphatic carbocycles. The highest BCUT2D eigenvalue weighted by Crippen LogP contribution is 2.34. The lowest BCUT2D eigenvalue weighted by Crippen LogP contribution is -2.37. The van der Waals surface area contributed by atoms with Gasteiger partial charge in [-0.1, -0.05) is 48.5 Å². The van der Waals surface area contributed by atoms with Crippen molar-refractivity contribution in [2.75, 3.05) is 19.6 Å². The predicted octanol–water partition coefficient (Wildman–Crippen LogP) is 4.93. The van der Waals surface area contributed by atoms with E-state index in [0.717, 1.165) is 59.7 Å². The van der Waals surface area contributed by atoms with E-state index in [9.17, 15) is 14.4 Å². The minimum Gasteiger partial charge on any atom is -0.341 e. The van der Waals surface area contributed by atoms with Gasteiger partial charge in [-0.25, -0.2) is 0 Å². The van der Waals surface area contributed by atoms with Crippen LogP contribution in [-0.2, 0) is 22.6 Å². The Balaban J connectivity index is 1.36. The zero-order valence-corrected chi connectivity index (χ0v) is 19.8. The Bertz CT molecular complexity index is 1260. The van der Waals surface area contributed by atoms with Crippen LogP contribution in [0.2, 0.25) is 0 Å². The van der Waals surface area contributed by atoms with Gasteiger partial charge in [0.25, 0.3) is 11.1 Å². The van der Waals surface area contributed by atoms with Crippen LogP contribution in [0.4, 0.5) is 4.79 Å². The fourth-order valence-electron chi connectivity index (χ4n) is 4.63. The molecule has 0 atom stereocenters. The molecule has 0 unspecified atom stereocenters. The van der Waals surface area contributed by atoms with E-state index in [-0.39, 0.29) is 23.6 Å². The molecule has 0 bridgehead atoms. The number of amides is 3. The molecule has 3 amide bonds. The van der Waals surface area contributed by atoms with Crippen LogP contribution >= 0.6 is 11.8 Å². The fraction of sp³-hybridized carbons (Fsp3) is 0.296.